The van der Waals surface area contributed by atoms with E-state index in [2.05, 4.69) is 24.9 Å². The van der Waals surface area contributed by atoms with Gasteiger partial charge in [-0.15, -0.1) is 0 Å². The number of hydrogen-bond acceptors (Lipinski definition) is 6. The van der Waals surface area contributed by atoms with Gasteiger partial charge in [-0.05, 0) is 63.4 Å². The van der Waals surface area contributed by atoms with Gasteiger partial charge in [-0.25, -0.2) is 22.8 Å². The Morgan fingerprint density at radius 1 is 1.11 bits per heavy atom. The molecule has 192 valence electrons. The molecule has 2 N–H and O–H groups in total. The minimum atomic E-state index is -4.33. The van der Waals surface area contributed by atoms with Gasteiger partial charge in [0.05, 0.1) is 16.6 Å². The lowest BCUT2D eigenvalue weighted by Crippen LogP contribution is -2.53. The number of hydrogen-bond donors (Lipinski definition) is 2. The summed E-state index contributed by atoms with van der Waals surface area (Å²) in [7, 11) is -4.33. The summed E-state index contributed by atoms with van der Waals surface area (Å²) >= 11 is 6.32. The van der Waals surface area contributed by atoms with Crippen LogP contribution in [0.2, 0.25) is 5.02 Å². The highest BCUT2D eigenvalue weighted by atomic mass is 35.5. The number of anilines is 2. The SMILES string of the molecule is O=S(=O)(Nc1ccncn1)c1cc(Cl)c(N[C@H]2CCC(C(F)(F)F)C[C@@H]2N2CCCCC2)cc1F. The van der Waals surface area contributed by atoms with Crippen molar-refractivity contribution in [2.45, 2.75) is 61.7 Å². The van der Waals surface area contributed by atoms with Crippen LogP contribution in [0.1, 0.15) is 38.5 Å². The van der Waals surface area contributed by atoms with Gasteiger partial charge in [-0.3, -0.25) is 9.62 Å². The predicted molar refractivity (Wildman–Crippen MR) is 124 cm³/mol. The van der Waals surface area contributed by atoms with Crippen LogP contribution in [0.4, 0.5) is 29.1 Å². The smallest absolute Gasteiger partial charge is 0.379 e. The predicted octanol–water partition coefficient (Wildman–Crippen LogP) is 5.07. The molecule has 0 amide bonds. The molecule has 35 heavy (non-hydrogen) atoms. The molecule has 2 fully saturated rings. The first-order chi connectivity index (χ1) is 16.5. The van der Waals surface area contributed by atoms with E-state index in [1.807, 2.05) is 0 Å². The van der Waals surface area contributed by atoms with Crippen molar-refractivity contribution in [1.82, 2.24) is 14.9 Å². The number of likely N-dealkylation sites (tertiary alicyclic amines) is 1. The molecule has 4 rings (SSSR count). The van der Waals surface area contributed by atoms with Crippen LogP contribution in [0, 0.1) is 11.7 Å². The zero-order valence-corrected chi connectivity index (χ0v) is 20.3. The second kappa shape index (κ2) is 10.4. The number of halogens is 5. The number of piperidine rings is 1. The Morgan fingerprint density at radius 3 is 2.51 bits per heavy atom. The molecule has 0 spiro atoms. The molecule has 2 aromatic rings. The van der Waals surface area contributed by atoms with Gasteiger partial charge >= 0.3 is 6.18 Å². The lowest BCUT2D eigenvalue weighted by Gasteiger charge is -2.45. The van der Waals surface area contributed by atoms with E-state index in [0.717, 1.165) is 37.7 Å². The zero-order chi connectivity index (χ0) is 25.2. The van der Waals surface area contributed by atoms with Gasteiger partial charge in [0.25, 0.3) is 10.0 Å². The molecule has 0 bridgehead atoms. The third kappa shape index (κ3) is 6.15. The van der Waals surface area contributed by atoms with E-state index in [0.29, 0.717) is 13.1 Å². The van der Waals surface area contributed by atoms with Crippen LogP contribution in [-0.2, 0) is 10.0 Å². The summed E-state index contributed by atoms with van der Waals surface area (Å²) in [5, 5.41) is 3.07. The molecule has 1 saturated carbocycles. The summed E-state index contributed by atoms with van der Waals surface area (Å²) in [6.07, 6.45) is 1.22. The molecule has 13 heteroatoms. The maximum absolute atomic E-state index is 14.9. The molecule has 1 aliphatic heterocycles. The Hall–Kier alpha value is -2.18. The van der Waals surface area contributed by atoms with E-state index in [1.165, 1.54) is 12.3 Å². The van der Waals surface area contributed by atoms with Crippen molar-refractivity contribution in [2.75, 3.05) is 23.1 Å². The maximum atomic E-state index is 14.9. The molecule has 1 aromatic heterocycles. The number of nitrogens with one attached hydrogen (secondary N) is 2. The van der Waals surface area contributed by atoms with E-state index in [4.69, 9.17) is 11.6 Å². The number of rotatable bonds is 6. The molecule has 7 nitrogen and oxygen atoms in total. The number of aromatic nitrogens is 2. The van der Waals surface area contributed by atoms with E-state index in [1.54, 1.807) is 0 Å². The van der Waals surface area contributed by atoms with Gasteiger partial charge < -0.3 is 5.32 Å². The Labute approximate surface area is 206 Å². The molecule has 1 unspecified atom stereocenters. The molecular weight excluding hydrogens is 510 g/mol. The first-order valence-corrected chi connectivity index (χ1v) is 13.3. The fraction of sp³-hybridized carbons (Fsp3) is 0.545. The van der Waals surface area contributed by atoms with Crippen molar-refractivity contribution in [3.63, 3.8) is 0 Å². The van der Waals surface area contributed by atoms with Crippen molar-refractivity contribution in [3.05, 3.63) is 41.6 Å². The van der Waals surface area contributed by atoms with Crippen LogP contribution >= 0.6 is 11.6 Å². The normalized spacial score (nSPS) is 24.2. The van der Waals surface area contributed by atoms with E-state index in [9.17, 15) is 26.0 Å². The monoisotopic (exact) mass is 535 g/mol. The number of sulfonamides is 1. The molecule has 1 aliphatic carbocycles. The topological polar surface area (TPSA) is 87.2 Å². The Bertz CT molecular complexity index is 1130. The average Bonchev–Trinajstić information content (AvgIpc) is 2.81. The minimum absolute atomic E-state index is 0.0384. The summed E-state index contributed by atoms with van der Waals surface area (Å²) in [5.74, 6) is -2.47. The Balaban J connectivity index is 1.56. The number of nitrogens with zero attached hydrogens (tertiary/aromatic N) is 3. The third-order valence-electron chi connectivity index (χ3n) is 6.61. The summed E-state index contributed by atoms with van der Waals surface area (Å²) in [6, 6.07) is 2.49. The molecule has 3 atom stereocenters. The number of benzene rings is 1. The summed E-state index contributed by atoms with van der Waals surface area (Å²) in [4.78, 5) is 8.86. The first-order valence-electron chi connectivity index (χ1n) is 11.4. The van der Waals surface area contributed by atoms with Crippen LogP contribution in [0.5, 0.6) is 0 Å². The lowest BCUT2D eigenvalue weighted by atomic mass is 9.80. The van der Waals surface area contributed by atoms with E-state index < -0.39 is 38.9 Å². The quantitative estimate of drug-likeness (QED) is 0.502. The fourth-order valence-electron chi connectivity index (χ4n) is 4.85. The number of alkyl halides is 3. The van der Waals surface area contributed by atoms with Crippen LogP contribution in [-0.4, -0.2) is 54.6 Å². The fourth-order valence-corrected chi connectivity index (χ4v) is 6.23. The molecule has 2 heterocycles. The highest BCUT2D eigenvalue weighted by Crippen LogP contribution is 2.41. The second-order valence-corrected chi connectivity index (χ2v) is 11.0. The van der Waals surface area contributed by atoms with Crippen molar-refractivity contribution < 1.29 is 26.0 Å². The summed E-state index contributed by atoms with van der Waals surface area (Å²) < 4.78 is 82.9. The minimum Gasteiger partial charge on any atom is -0.379 e. The van der Waals surface area contributed by atoms with Crippen molar-refractivity contribution in [3.8, 4) is 0 Å². The Kier molecular flexibility index (Phi) is 7.72. The third-order valence-corrected chi connectivity index (χ3v) is 8.29. The van der Waals surface area contributed by atoms with Crippen LogP contribution < -0.4 is 10.0 Å². The van der Waals surface area contributed by atoms with E-state index in [-0.39, 0.29) is 41.8 Å². The van der Waals surface area contributed by atoms with Gasteiger partial charge in [0.15, 0.2) is 0 Å². The molecule has 1 aromatic carbocycles. The Morgan fingerprint density at radius 2 is 1.86 bits per heavy atom. The highest BCUT2D eigenvalue weighted by Gasteiger charge is 2.46. The van der Waals surface area contributed by atoms with Gasteiger partial charge in [0, 0.05) is 18.3 Å². The van der Waals surface area contributed by atoms with Crippen LogP contribution in [0.15, 0.2) is 35.6 Å². The average molecular weight is 536 g/mol. The molecule has 1 saturated heterocycles. The van der Waals surface area contributed by atoms with Gasteiger partial charge in [-0.2, -0.15) is 13.2 Å². The largest absolute Gasteiger partial charge is 0.391 e. The van der Waals surface area contributed by atoms with Gasteiger partial charge in [-0.1, -0.05) is 18.0 Å². The highest BCUT2D eigenvalue weighted by molar-refractivity contribution is 7.92. The summed E-state index contributed by atoms with van der Waals surface area (Å²) in [6.45, 7) is 1.42. The maximum Gasteiger partial charge on any atom is 0.391 e. The van der Waals surface area contributed by atoms with Gasteiger partial charge in [0.2, 0.25) is 0 Å². The molecule has 2 aliphatic rings. The molecular formula is C22H26ClF4N5O2S. The second-order valence-electron chi connectivity index (χ2n) is 8.93. The molecule has 0 radical (unpaired) electrons. The summed E-state index contributed by atoms with van der Waals surface area (Å²) in [5.41, 5.74) is 0.141. The standard InChI is InChI=1S/C22H26ClF4N5O2S/c23-15-11-20(35(33,34)31-21-6-7-28-13-29-21)16(24)12-18(15)30-17-5-4-14(22(25,26)27)10-19(17)32-8-2-1-3-9-32/h6-7,11-14,17,19,30H,1-5,8-10H2,(H,28,29,31)/t14?,17-,19-/m0/s1. The van der Waals surface area contributed by atoms with Crippen molar-refractivity contribution in [1.29, 1.82) is 0 Å². The first kappa shape index (κ1) is 25.9. The van der Waals surface area contributed by atoms with Crippen molar-refractivity contribution in [2.24, 2.45) is 5.92 Å². The van der Waals surface area contributed by atoms with Gasteiger partial charge in [0.1, 0.15) is 22.9 Å². The lowest BCUT2D eigenvalue weighted by molar-refractivity contribution is -0.187. The van der Waals surface area contributed by atoms with Crippen LogP contribution in [0.25, 0.3) is 0 Å². The van der Waals surface area contributed by atoms with E-state index >= 15 is 0 Å². The van der Waals surface area contributed by atoms with Crippen LogP contribution in [0.3, 0.4) is 0 Å². The van der Waals surface area contributed by atoms with Crippen molar-refractivity contribution >= 4 is 33.1 Å². The zero-order valence-electron chi connectivity index (χ0n) is 18.7.